The number of halogens is 1. The first-order valence-electron chi connectivity index (χ1n) is 9.93. The number of ether oxygens (including phenoxy) is 2. The van der Waals surface area contributed by atoms with Gasteiger partial charge in [0.2, 0.25) is 0 Å². The quantitative estimate of drug-likeness (QED) is 0.409. The fraction of sp³-hybridized carbons (Fsp3) is 0.160. The molecule has 31 heavy (non-hydrogen) atoms. The highest BCUT2D eigenvalue weighted by atomic mass is 35.5. The van der Waals surface area contributed by atoms with E-state index in [9.17, 15) is 4.79 Å². The van der Waals surface area contributed by atoms with E-state index in [-0.39, 0.29) is 11.8 Å². The molecule has 1 amide bonds. The number of amides is 1. The van der Waals surface area contributed by atoms with Gasteiger partial charge >= 0.3 is 0 Å². The van der Waals surface area contributed by atoms with E-state index in [0.717, 1.165) is 22.0 Å². The molecule has 1 unspecified atom stereocenters. The Morgan fingerprint density at radius 2 is 1.81 bits per heavy atom. The predicted molar refractivity (Wildman–Crippen MR) is 123 cm³/mol. The Labute approximate surface area is 186 Å². The number of rotatable bonds is 7. The van der Waals surface area contributed by atoms with Crippen molar-refractivity contribution in [1.82, 2.24) is 10.3 Å². The second-order valence-corrected chi connectivity index (χ2v) is 7.58. The van der Waals surface area contributed by atoms with Gasteiger partial charge in [-0.25, -0.2) is 0 Å². The molecule has 0 aliphatic heterocycles. The van der Waals surface area contributed by atoms with Crippen molar-refractivity contribution in [3.63, 3.8) is 0 Å². The number of benzene rings is 3. The van der Waals surface area contributed by atoms with Crippen molar-refractivity contribution in [1.29, 1.82) is 0 Å². The van der Waals surface area contributed by atoms with Gasteiger partial charge in [0.05, 0.1) is 14.2 Å². The second kappa shape index (κ2) is 9.14. The summed E-state index contributed by atoms with van der Waals surface area (Å²) < 4.78 is 11.2. The Balaban J connectivity index is 1.74. The molecule has 0 spiro atoms. The van der Waals surface area contributed by atoms with Crippen molar-refractivity contribution < 1.29 is 14.3 Å². The van der Waals surface area contributed by atoms with Crippen LogP contribution in [0.3, 0.4) is 0 Å². The van der Waals surface area contributed by atoms with Crippen LogP contribution >= 0.6 is 11.6 Å². The van der Waals surface area contributed by atoms with Crippen LogP contribution in [0.15, 0.2) is 72.9 Å². The van der Waals surface area contributed by atoms with E-state index in [0.29, 0.717) is 28.6 Å². The Morgan fingerprint density at radius 1 is 1.00 bits per heavy atom. The molecule has 6 heteroatoms. The molecule has 2 N–H and O–H groups in total. The lowest BCUT2D eigenvalue weighted by Crippen LogP contribution is -2.29. The highest BCUT2D eigenvalue weighted by Gasteiger charge is 2.24. The number of methoxy groups -OCH3 is 2. The Bertz CT molecular complexity index is 1220. The number of fused-ring (bicyclic) bond motifs is 1. The van der Waals surface area contributed by atoms with Gasteiger partial charge in [0.25, 0.3) is 5.91 Å². The molecule has 0 aliphatic rings. The minimum absolute atomic E-state index is 0.163. The first kappa shape index (κ1) is 20.8. The summed E-state index contributed by atoms with van der Waals surface area (Å²) in [7, 11) is 3.24. The van der Waals surface area contributed by atoms with Gasteiger partial charge in [-0.05, 0) is 35.9 Å². The number of H-pyrrole nitrogens is 1. The molecule has 4 rings (SSSR count). The smallest absolute Gasteiger partial charge is 0.251 e. The summed E-state index contributed by atoms with van der Waals surface area (Å²) in [4.78, 5) is 16.1. The summed E-state index contributed by atoms with van der Waals surface area (Å²) in [5.41, 5.74) is 3.54. The molecular weight excluding hydrogens is 412 g/mol. The van der Waals surface area contributed by atoms with E-state index in [1.54, 1.807) is 38.5 Å². The van der Waals surface area contributed by atoms with Gasteiger partial charge in [0.15, 0.2) is 11.5 Å². The van der Waals surface area contributed by atoms with Crippen molar-refractivity contribution in [2.24, 2.45) is 0 Å². The molecule has 1 aromatic heterocycles. The van der Waals surface area contributed by atoms with Gasteiger partial charge in [-0.15, -0.1) is 0 Å². The zero-order valence-electron chi connectivity index (χ0n) is 17.3. The molecule has 0 aliphatic carbocycles. The van der Waals surface area contributed by atoms with Crippen molar-refractivity contribution in [3.8, 4) is 11.5 Å². The molecule has 0 saturated carbocycles. The van der Waals surface area contributed by atoms with Crippen LogP contribution in [0, 0.1) is 0 Å². The molecule has 158 valence electrons. The summed E-state index contributed by atoms with van der Waals surface area (Å²) in [6.07, 6.45) is 1.99. The largest absolute Gasteiger partial charge is 0.493 e. The third kappa shape index (κ3) is 4.23. The number of aromatic amines is 1. The van der Waals surface area contributed by atoms with Gasteiger partial charge in [0.1, 0.15) is 0 Å². The van der Waals surface area contributed by atoms with Crippen molar-refractivity contribution in [2.75, 3.05) is 20.8 Å². The molecule has 5 nitrogen and oxygen atoms in total. The lowest BCUT2D eigenvalue weighted by atomic mass is 9.89. The van der Waals surface area contributed by atoms with Crippen LogP contribution in [-0.2, 0) is 0 Å². The SMILES string of the molecule is COc1cccc(C(CNC(=O)c2cccc(Cl)c2)c2c[nH]c3ccccc23)c1OC. The second-order valence-electron chi connectivity index (χ2n) is 7.15. The van der Waals surface area contributed by atoms with E-state index in [1.165, 1.54) is 0 Å². The molecule has 1 heterocycles. The van der Waals surface area contributed by atoms with E-state index in [2.05, 4.69) is 16.4 Å². The highest BCUT2D eigenvalue weighted by molar-refractivity contribution is 6.30. The first-order chi connectivity index (χ1) is 15.1. The Hall–Kier alpha value is -3.44. The van der Waals surface area contributed by atoms with Crippen LogP contribution in [0.25, 0.3) is 10.9 Å². The molecule has 1 atom stereocenters. The van der Waals surface area contributed by atoms with E-state index in [1.807, 2.05) is 42.6 Å². The van der Waals surface area contributed by atoms with Crippen LogP contribution < -0.4 is 14.8 Å². The van der Waals surface area contributed by atoms with E-state index >= 15 is 0 Å². The molecule has 4 aromatic rings. The summed E-state index contributed by atoms with van der Waals surface area (Å²) in [5, 5.41) is 4.67. The maximum absolute atomic E-state index is 12.8. The standard InChI is InChI=1S/C25H23ClN2O3/c1-30-23-12-6-10-19(24(23)31-2)21(20-14-27-22-11-4-3-9-18(20)22)15-28-25(29)16-7-5-8-17(26)13-16/h3-14,21,27H,15H2,1-2H3,(H,28,29). The van der Waals surface area contributed by atoms with Crippen molar-refractivity contribution in [2.45, 2.75) is 5.92 Å². The summed E-state index contributed by atoms with van der Waals surface area (Å²) in [6, 6.07) is 20.8. The molecule has 0 radical (unpaired) electrons. The van der Waals surface area contributed by atoms with Crippen molar-refractivity contribution >= 4 is 28.4 Å². The normalized spacial score (nSPS) is 11.8. The monoisotopic (exact) mass is 434 g/mol. The third-order valence-corrected chi connectivity index (χ3v) is 5.59. The Kier molecular flexibility index (Phi) is 6.14. The number of para-hydroxylation sites is 2. The average Bonchev–Trinajstić information content (AvgIpc) is 3.23. The molecular formula is C25H23ClN2O3. The third-order valence-electron chi connectivity index (χ3n) is 5.36. The number of nitrogens with one attached hydrogen (secondary N) is 2. The van der Waals surface area contributed by atoms with E-state index < -0.39 is 0 Å². The minimum atomic E-state index is -0.186. The maximum Gasteiger partial charge on any atom is 0.251 e. The number of aromatic nitrogens is 1. The summed E-state index contributed by atoms with van der Waals surface area (Å²) in [5.74, 6) is 0.946. The zero-order chi connectivity index (χ0) is 21.8. The van der Waals surface area contributed by atoms with Crippen LogP contribution in [0.5, 0.6) is 11.5 Å². The lowest BCUT2D eigenvalue weighted by molar-refractivity contribution is 0.0952. The lowest BCUT2D eigenvalue weighted by Gasteiger charge is -2.22. The van der Waals surface area contributed by atoms with Gasteiger partial charge in [-0.1, -0.05) is 48.0 Å². The molecule has 0 fully saturated rings. The maximum atomic E-state index is 12.8. The van der Waals surface area contributed by atoms with E-state index in [4.69, 9.17) is 21.1 Å². The molecule has 0 saturated heterocycles. The molecule has 0 bridgehead atoms. The first-order valence-corrected chi connectivity index (χ1v) is 10.3. The fourth-order valence-corrected chi connectivity index (χ4v) is 4.07. The zero-order valence-corrected chi connectivity index (χ0v) is 18.1. The predicted octanol–water partition coefficient (Wildman–Crippen LogP) is 5.40. The minimum Gasteiger partial charge on any atom is -0.493 e. The van der Waals surface area contributed by atoms with Crippen molar-refractivity contribution in [3.05, 3.63) is 94.6 Å². The molecule has 3 aromatic carbocycles. The Morgan fingerprint density at radius 3 is 2.58 bits per heavy atom. The van der Waals surface area contributed by atoms with Gasteiger partial charge in [-0.2, -0.15) is 0 Å². The van der Waals surface area contributed by atoms with Gasteiger partial charge < -0.3 is 19.8 Å². The highest BCUT2D eigenvalue weighted by Crippen LogP contribution is 2.40. The number of carbonyl (C=O) groups excluding carboxylic acids is 1. The summed E-state index contributed by atoms with van der Waals surface area (Å²) >= 11 is 6.05. The van der Waals surface area contributed by atoms with Crippen LogP contribution in [-0.4, -0.2) is 31.7 Å². The summed E-state index contributed by atoms with van der Waals surface area (Å²) in [6.45, 7) is 0.372. The number of hydrogen-bond donors (Lipinski definition) is 2. The number of hydrogen-bond acceptors (Lipinski definition) is 3. The average molecular weight is 435 g/mol. The number of carbonyl (C=O) groups is 1. The topological polar surface area (TPSA) is 63.3 Å². The van der Waals surface area contributed by atoms with Gasteiger partial charge in [0, 0.05) is 45.7 Å². The van der Waals surface area contributed by atoms with Crippen LogP contribution in [0.4, 0.5) is 0 Å². The fourth-order valence-electron chi connectivity index (χ4n) is 3.88. The van der Waals surface area contributed by atoms with Crippen LogP contribution in [0.1, 0.15) is 27.4 Å². The van der Waals surface area contributed by atoms with Crippen LogP contribution in [0.2, 0.25) is 5.02 Å². The van der Waals surface area contributed by atoms with Gasteiger partial charge in [-0.3, -0.25) is 4.79 Å².